The lowest BCUT2D eigenvalue weighted by molar-refractivity contribution is 0.139. The average molecular weight is 241 g/mol. The molecule has 0 amide bonds. The van der Waals surface area contributed by atoms with E-state index in [0.29, 0.717) is 12.3 Å². The molecule has 0 heterocycles. The maximum Gasteiger partial charge on any atom is 0.0583 e. The van der Waals surface area contributed by atoms with Gasteiger partial charge in [0.25, 0.3) is 0 Å². The molecule has 0 saturated heterocycles. The minimum Gasteiger partial charge on any atom is -0.393 e. The van der Waals surface area contributed by atoms with Gasteiger partial charge in [-0.2, -0.15) is 0 Å². The van der Waals surface area contributed by atoms with Crippen molar-refractivity contribution in [2.45, 2.75) is 45.6 Å². The van der Waals surface area contributed by atoms with E-state index in [9.17, 15) is 5.11 Å². The van der Waals surface area contributed by atoms with Gasteiger partial charge in [0.05, 0.1) is 6.10 Å². The van der Waals surface area contributed by atoms with E-state index >= 15 is 0 Å². The first-order valence-corrected chi connectivity index (χ1v) is 6.46. The molecule has 0 aromatic heterocycles. The van der Waals surface area contributed by atoms with Crippen molar-refractivity contribution >= 4 is 11.6 Å². The zero-order valence-electron chi connectivity index (χ0n) is 10.1. The van der Waals surface area contributed by atoms with Crippen LogP contribution in [0.4, 0.5) is 0 Å². The van der Waals surface area contributed by atoms with Crippen molar-refractivity contribution in [3.05, 3.63) is 34.9 Å². The third-order valence-corrected chi connectivity index (χ3v) is 3.36. The Labute approximate surface area is 103 Å². The Kier molecular flexibility index (Phi) is 5.86. The fraction of sp³-hybridized carbons (Fsp3) is 0.571. The molecule has 1 atom stereocenters. The molecule has 16 heavy (non-hydrogen) atoms. The lowest BCUT2D eigenvalue weighted by Crippen LogP contribution is -2.15. The van der Waals surface area contributed by atoms with Crippen LogP contribution in [0, 0.1) is 5.92 Å². The van der Waals surface area contributed by atoms with Crippen LogP contribution in [-0.4, -0.2) is 11.2 Å². The van der Waals surface area contributed by atoms with E-state index in [-0.39, 0.29) is 6.10 Å². The molecule has 1 N–H and O–H groups in total. The van der Waals surface area contributed by atoms with Gasteiger partial charge in [-0.25, -0.2) is 0 Å². The molecule has 1 aromatic rings. The molecular formula is C14H21ClO. The SMILES string of the molecule is CCC(CC)CC(O)Cc1cccc(Cl)c1. The summed E-state index contributed by atoms with van der Waals surface area (Å²) < 4.78 is 0. The van der Waals surface area contributed by atoms with Crippen molar-refractivity contribution in [1.82, 2.24) is 0 Å². The van der Waals surface area contributed by atoms with E-state index in [1.54, 1.807) is 0 Å². The van der Waals surface area contributed by atoms with Crippen LogP contribution in [0.2, 0.25) is 5.02 Å². The van der Waals surface area contributed by atoms with Crippen LogP contribution in [0.3, 0.4) is 0 Å². The monoisotopic (exact) mass is 240 g/mol. The van der Waals surface area contributed by atoms with Crippen LogP contribution in [0.15, 0.2) is 24.3 Å². The van der Waals surface area contributed by atoms with E-state index in [0.717, 1.165) is 29.8 Å². The molecule has 1 unspecified atom stereocenters. The second-order valence-corrected chi connectivity index (χ2v) is 4.84. The van der Waals surface area contributed by atoms with Gasteiger partial charge in [0.1, 0.15) is 0 Å². The highest BCUT2D eigenvalue weighted by Gasteiger charge is 2.12. The van der Waals surface area contributed by atoms with Crippen molar-refractivity contribution in [2.75, 3.05) is 0 Å². The molecule has 90 valence electrons. The average Bonchev–Trinajstić information content (AvgIpc) is 2.26. The molecule has 0 bridgehead atoms. The molecule has 0 aliphatic carbocycles. The summed E-state index contributed by atoms with van der Waals surface area (Å²) in [5, 5.41) is 10.7. The van der Waals surface area contributed by atoms with Gasteiger partial charge >= 0.3 is 0 Å². The highest BCUT2D eigenvalue weighted by Crippen LogP contribution is 2.18. The quantitative estimate of drug-likeness (QED) is 0.795. The van der Waals surface area contributed by atoms with Crippen molar-refractivity contribution in [1.29, 1.82) is 0 Å². The molecule has 0 spiro atoms. The number of hydrogen-bond acceptors (Lipinski definition) is 1. The summed E-state index contributed by atoms with van der Waals surface area (Å²) in [7, 11) is 0. The zero-order valence-corrected chi connectivity index (χ0v) is 10.9. The van der Waals surface area contributed by atoms with E-state index in [4.69, 9.17) is 11.6 Å². The fourth-order valence-corrected chi connectivity index (χ4v) is 2.24. The van der Waals surface area contributed by atoms with Crippen LogP contribution in [0.5, 0.6) is 0 Å². The third kappa shape index (κ3) is 4.54. The van der Waals surface area contributed by atoms with E-state index < -0.39 is 0 Å². The Morgan fingerprint density at radius 1 is 1.25 bits per heavy atom. The summed E-state index contributed by atoms with van der Waals surface area (Å²) in [6, 6.07) is 7.74. The summed E-state index contributed by atoms with van der Waals surface area (Å²) in [4.78, 5) is 0. The lowest BCUT2D eigenvalue weighted by Gasteiger charge is -2.17. The molecule has 0 aliphatic heterocycles. The van der Waals surface area contributed by atoms with Crippen LogP contribution >= 0.6 is 11.6 Å². The van der Waals surface area contributed by atoms with Gasteiger partial charge in [0, 0.05) is 5.02 Å². The second kappa shape index (κ2) is 6.93. The lowest BCUT2D eigenvalue weighted by atomic mass is 9.93. The summed E-state index contributed by atoms with van der Waals surface area (Å²) in [5.74, 6) is 0.634. The maximum atomic E-state index is 9.98. The minimum atomic E-state index is -0.247. The molecule has 0 radical (unpaired) electrons. The Hall–Kier alpha value is -0.530. The smallest absolute Gasteiger partial charge is 0.0583 e. The topological polar surface area (TPSA) is 20.2 Å². The van der Waals surface area contributed by atoms with Crippen molar-refractivity contribution in [3.8, 4) is 0 Å². The van der Waals surface area contributed by atoms with Gasteiger partial charge < -0.3 is 5.11 Å². The van der Waals surface area contributed by atoms with Gasteiger partial charge in [0.2, 0.25) is 0 Å². The Morgan fingerprint density at radius 3 is 2.50 bits per heavy atom. The number of aliphatic hydroxyl groups is 1. The number of aliphatic hydroxyl groups excluding tert-OH is 1. The molecule has 0 fully saturated rings. The maximum absolute atomic E-state index is 9.98. The van der Waals surface area contributed by atoms with Crippen molar-refractivity contribution in [3.63, 3.8) is 0 Å². The number of hydrogen-bond donors (Lipinski definition) is 1. The highest BCUT2D eigenvalue weighted by atomic mass is 35.5. The van der Waals surface area contributed by atoms with Gasteiger partial charge in [-0.1, -0.05) is 50.4 Å². The summed E-state index contributed by atoms with van der Waals surface area (Å²) >= 11 is 5.91. The van der Waals surface area contributed by atoms with E-state index in [1.807, 2.05) is 24.3 Å². The Bertz CT molecular complexity index is 307. The first-order valence-electron chi connectivity index (χ1n) is 6.08. The predicted molar refractivity (Wildman–Crippen MR) is 69.9 cm³/mol. The van der Waals surface area contributed by atoms with Crippen LogP contribution < -0.4 is 0 Å². The molecule has 1 aromatic carbocycles. The van der Waals surface area contributed by atoms with E-state index in [1.165, 1.54) is 0 Å². The summed E-state index contributed by atoms with van der Waals surface area (Å²) in [6.07, 6.45) is 3.63. The Morgan fingerprint density at radius 2 is 1.94 bits per heavy atom. The van der Waals surface area contributed by atoms with Crippen molar-refractivity contribution < 1.29 is 5.11 Å². The van der Waals surface area contributed by atoms with Gasteiger partial charge in [-0.15, -0.1) is 0 Å². The number of rotatable bonds is 6. The fourth-order valence-electron chi connectivity index (χ4n) is 2.03. The predicted octanol–water partition coefficient (Wildman–Crippen LogP) is 4.07. The molecule has 0 saturated carbocycles. The molecule has 0 aliphatic rings. The number of halogens is 1. The minimum absolute atomic E-state index is 0.247. The molecule has 2 heteroatoms. The number of benzene rings is 1. The molecule has 1 nitrogen and oxygen atoms in total. The Balaban J connectivity index is 2.47. The molecule has 1 rings (SSSR count). The zero-order chi connectivity index (χ0) is 12.0. The van der Waals surface area contributed by atoms with Crippen LogP contribution in [-0.2, 0) is 6.42 Å². The summed E-state index contributed by atoms with van der Waals surface area (Å²) in [6.45, 7) is 4.36. The van der Waals surface area contributed by atoms with E-state index in [2.05, 4.69) is 13.8 Å². The normalized spacial score (nSPS) is 13.1. The first-order chi connectivity index (χ1) is 7.65. The largest absolute Gasteiger partial charge is 0.393 e. The van der Waals surface area contributed by atoms with Gasteiger partial charge in [0.15, 0.2) is 0 Å². The first kappa shape index (κ1) is 13.5. The summed E-state index contributed by atoms with van der Waals surface area (Å²) in [5.41, 5.74) is 1.12. The molecular weight excluding hydrogens is 220 g/mol. The van der Waals surface area contributed by atoms with Crippen LogP contribution in [0.1, 0.15) is 38.7 Å². The van der Waals surface area contributed by atoms with Gasteiger partial charge in [-0.05, 0) is 36.5 Å². The van der Waals surface area contributed by atoms with Crippen molar-refractivity contribution in [2.24, 2.45) is 5.92 Å². The standard InChI is InChI=1S/C14H21ClO/c1-3-11(4-2)9-14(16)10-12-6-5-7-13(15)8-12/h5-8,11,14,16H,3-4,9-10H2,1-2H3. The third-order valence-electron chi connectivity index (χ3n) is 3.12. The second-order valence-electron chi connectivity index (χ2n) is 4.41. The highest BCUT2D eigenvalue weighted by molar-refractivity contribution is 6.30. The van der Waals surface area contributed by atoms with Gasteiger partial charge in [-0.3, -0.25) is 0 Å². The van der Waals surface area contributed by atoms with Crippen LogP contribution in [0.25, 0.3) is 0 Å².